The molecule has 1 saturated heterocycles. The highest BCUT2D eigenvalue weighted by Crippen LogP contribution is 2.08. The summed E-state index contributed by atoms with van der Waals surface area (Å²) >= 11 is 0. The molecule has 1 unspecified atom stereocenters. The molecule has 0 aromatic heterocycles. The third kappa shape index (κ3) is 3.49. The van der Waals surface area contributed by atoms with Crippen molar-refractivity contribution in [3.63, 3.8) is 0 Å². The van der Waals surface area contributed by atoms with Gasteiger partial charge in [-0.2, -0.15) is 0 Å². The average Bonchev–Trinajstić information content (AvgIpc) is 2.63. The normalized spacial score (nSPS) is 24.3. The van der Waals surface area contributed by atoms with Crippen molar-refractivity contribution in [1.82, 2.24) is 5.32 Å². The predicted molar refractivity (Wildman–Crippen MR) is 39.3 cm³/mol. The van der Waals surface area contributed by atoms with Gasteiger partial charge in [0, 0.05) is 12.6 Å². The van der Waals surface area contributed by atoms with E-state index in [2.05, 4.69) is 5.32 Å². The number of unbranched alkanes of at least 4 members (excludes halogenated alkanes) is 2. The van der Waals surface area contributed by atoms with Gasteiger partial charge in [-0.25, -0.2) is 0 Å². The van der Waals surface area contributed by atoms with Gasteiger partial charge in [0.2, 0.25) is 0 Å². The Bertz CT molecular complexity index is 69.3. The lowest BCUT2D eigenvalue weighted by Crippen LogP contribution is -1.98. The first kappa shape index (κ1) is 7.03. The van der Waals surface area contributed by atoms with E-state index in [4.69, 9.17) is 5.73 Å². The lowest BCUT2D eigenvalue weighted by atomic mass is 10.1. The fourth-order valence-electron chi connectivity index (χ4n) is 0.999. The van der Waals surface area contributed by atoms with Crippen LogP contribution in [0.25, 0.3) is 0 Å². The Kier molecular flexibility index (Phi) is 3.01. The molecule has 0 aromatic rings. The van der Waals surface area contributed by atoms with Gasteiger partial charge in [-0.1, -0.05) is 12.8 Å². The number of nitrogens with one attached hydrogen (secondary N) is 1. The minimum Gasteiger partial charge on any atom is -0.330 e. The van der Waals surface area contributed by atoms with E-state index in [9.17, 15) is 0 Å². The molecular formula is C7H16N2. The summed E-state index contributed by atoms with van der Waals surface area (Å²) in [6.07, 6.45) is 5.23. The topological polar surface area (TPSA) is 48.0 Å². The SMILES string of the molecule is NCCCCCC1CN1. The van der Waals surface area contributed by atoms with Gasteiger partial charge in [0.15, 0.2) is 0 Å². The maximum Gasteiger partial charge on any atom is 0.0193 e. The van der Waals surface area contributed by atoms with Crippen molar-refractivity contribution in [3.05, 3.63) is 0 Å². The standard InChI is InChI=1S/C7H16N2/c8-5-3-1-2-4-7-6-9-7/h7,9H,1-6,8H2. The van der Waals surface area contributed by atoms with Crippen LogP contribution in [0.15, 0.2) is 0 Å². The summed E-state index contributed by atoms with van der Waals surface area (Å²) in [5.41, 5.74) is 5.35. The summed E-state index contributed by atoms with van der Waals surface area (Å²) in [4.78, 5) is 0. The second-order valence-electron chi connectivity index (χ2n) is 2.74. The van der Waals surface area contributed by atoms with E-state index < -0.39 is 0 Å². The molecule has 0 amide bonds. The van der Waals surface area contributed by atoms with E-state index >= 15 is 0 Å². The minimum atomic E-state index is 0.859. The molecule has 1 atom stereocenters. The largest absolute Gasteiger partial charge is 0.330 e. The Hall–Kier alpha value is -0.0800. The van der Waals surface area contributed by atoms with Crippen LogP contribution in [-0.2, 0) is 0 Å². The predicted octanol–water partition coefficient (Wildman–Crippen LogP) is 0.477. The van der Waals surface area contributed by atoms with Crippen molar-refractivity contribution in [3.8, 4) is 0 Å². The van der Waals surface area contributed by atoms with Gasteiger partial charge in [0.05, 0.1) is 0 Å². The van der Waals surface area contributed by atoms with Crippen LogP contribution in [0.1, 0.15) is 25.7 Å². The van der Waals surface area contributed by atoms with E-state index in [1.807, 2.05) is 0 Å². The molecule has 1 fully saturated rings. The van der Waals surface area contributed by atoms with E-state index in [1.165, 1.54) is 32.2 Å². The molecule has 1 aliphatic heterocycles. The molecule has 0 radical (unpaired) electrons. The van der Waals surface area contributed by atoms with Gasteiger partial charge in [0.1, 0.15) is 0 Å². The lowest BCUT2D eigenvalue weighted by molar-refractivity contribution is 0.641. The van der Waals surface area contributed by atoms with Gasteiger partial charge in [-0.15, -0.1) is 0 Å². The fraction of sp³-hybridized carbons (Fsp3) is 1.00. The quantitative estimate of drug-likeness (QED) is 0.418. The monoisotopic (exact) mass is 128 g/mol. The third-order valence-electron chi connectivity index (χ3n) is 1.75. The summed E-state index contributed by atoms with van der Waals surface area (Å²) in [7, 11) is 0. The average molecular weight is 128 g/mol. The third-order valence-corrected chi connectivity index (χ3v) is 1.75. The molecule has 1 aliphatic rings. The van der Waals surface area contributed by atoms with Gasteiger partial charge < -0.3 is 11.1 Å². The first-order valence-electron chi connectivity index (χ1n) is 3.87. The van der Waals surface area contributed by atoms with Crippen molar-refractivity contribution in [2.75, 3.05) is 13.1 Å². The Morgan fingerprint density at radius 3 is 2.67 bits per heavy atom. The van der Waals surface area contributed by atoms with Crippen LogP contribution in [-0.4, -0.2) is 19.1 Å². The zero-order valence-corrected chi connectivity index (χ0v) is 5.90. The number of hydrogen-bond acceptors (Lipinski definition) is 2. The van der Waals surface area contributed by atoms with Crippen molar-refractivity contribution in [2.45, 2.75) is 31.7 Å². The summed E-state index contributed by atoms with van der Waals surface area (Å²) in [5.74, 6) is 0. The summed E-state index contributed by atoms with van der Waals surface area (Å²) in [6, 6.07) is 0.864. The molecule has 2 nitrogen and oxygen atoms in total. The maximum absolute atomic E-state index is 5.35. The molecule has 0 saturated carbocycles. The maximum atomic E-state index is 5.35. The summed E-state index contributed by atoms with van der Waals surface area (Å²) < 4.78 is 0. The second kappa shape index (κ2) is 3.85. The van der Waals surface area contributed by atoms with Gasteiger partial charge in [0.25, 0.3) is 0 Å². The Morgan fingerprint density at radius 2 is 2.11 bits per heavy atom. The molecule has 0 bridgehead atoms. The number of rotatable bonds is 5. The van der Waals surface area contributed by atoms with Crippen LogP contribution < -0.4 is 11.1 Å². The molecule has 1 heterocycles. The van der Waals surface area contributed by atoms with Crippen LogP contribution in [0.4, 0.5) is 0 Å². The molecule has 54 valence electrons. The minimum absolute atomic E-state index is 0.859. The molecule has 0 spiro atoms. The highest BCUT2D eigenvalue weighted by Gasteiger charge is 2.17. The molecule has 3 N–H and O–H groups in total. The smallest absolute Gasteiger partial charge is 0.0193 e. The van der Waals surface area contributed by atoms with E-state index in [0.29, 0.717) is 0 Å². The Balaban J connectivity index is 1.71. The highest BCUT2D eigenvalue weighted by molar-refractivity contribution is 4.82. The number of nitrogens with two attached hydrogens (primary N) is 1. The lowest BCUT2D eigenvalue weighted by Gasteiger charge is -1.94. The first-order chi connectivity index (χ1) is 4.43. The van der Waals surface area contributed by atoms with Gasteiger partial charge in [-0.05, 0) is 19.4 Å². The summed E-state index contributed by atoms with van der Waals surface area (Å²) in [5, 5.41) is 3.28. The van der Waals surface area contributed by atoms with Crippen LogP contribution in [0, 0.1) is 0 Å². The zero-order chi connectivity index (χ0) is 6.53. The van der Waals surface area contributed by atoms with E-state index in [0.717, 1.165) is 12.6 Å². The Morgan fingerprint density at radius 1 is 1.33 bits per heavy atom. The number of hydrogen-bond donors (Lipinski definition) is 2. The van der Waals surface area contributed by atoms with Gasteiger partial charge >= 0.3 is 0 Å². The van der Waals surface area contributed by atoms with Crippen LogP contribution in [0.5, 0.6) is 0 Å². The van der Waals surface area contributed by atoms with Crippen molar-refractivity contribution in [1.29, 1.82) is 0 Å². The molecule has 2 heteroatoms. The van der Waals surface area contributed by atoms with Crippen molar-refractivity contribution >= 4 is 0 Å². The molecular weight excluding hydrogens is 112 g/mol. The fourth-order valence-corrected chi connectivity index (χ4v) is 0.999. The van der Waals surface area contributed by atoms with E-state index in [-0.39, 0.29) is 0 Å². The molecule has 9 heavy (non-hydrogen) atoms. The Labute approximate surface area is 56.8 Å². The second-order valence-corrected chi connectivity index (χ2v) is 2.74. The highest BCUT2D eigenvalue weighted by atomic mass is 15.1. The first-order valence-corrected chi connectivity index (χ1v) is 3.87. The van der Waals surface area contributed by atoms with Crippen LogP contribution in [0.2, 0.25) is 0 Å². The molecule has 1 rings (SSSR count). The van der Waals surface area contributed by atoms with E-state index in [1.54, 1.807) is 0 Å². The summed E-state index contributed by atoms with van der Waals surface area (Å²) in [6.45, 7) is 2.11. The van der Waals surface area contributed by atoms with Crippen molar-refractivity contribution in [2.24, 2.45) is 5.73 Å². The molecule has 0 aliphatic carbocycles. The zero-order valence-electron chi connectivity index (χ0n) is 5.90. The van der Waals surface area contributed by atoms with Gasteiger partial charge in [-0.3, -0.25) is 0 Å². The van der Waals surface area contributed by atoms with Crippen LogP contribution in [0.3, 0.4) is 0 Å². The molecule has 0 aromatic carbocycles. The van der Waals surface area contributed by atoms with Crippen LogP contribution >= 0.6 is 0 Å². The van der Waals surface area contributed by atoms with Crippen molar-refractivity contribution < 1.29 is 0 Å².